The molecule has 0 aromatic heterocycles. The second kappa shape index (κ2) is 7.28. The van der Waals surface area contributed by atoms with Crippen LogP contribution in [0.1, 0.15) is 6.42 Å². The standard InChI is InChI=1S/C8H17N3O3/c1-10-7(12)5-6(8(9)13)11-3-4-14-2/h6,11H,3-5H2,1-2H3,(H2,9,13)(H,10,12). The lowest BCUT2D eigenvalue weighted by Crippen LogP contribution is -2.45. The summed E-state index contributed by atoms with van der Waals surface area (Å²) in [6.45, 7) is 0.957. The Hall–Kier alpha value is -1.14. The van der Waals surface area contributed by atoms with Crippen LogP contribution in [0.25, 0.3) is 0 Å². The number of methoxy groups -OCH3 is 1. The van der Waals surface area contributed by atoms with Crippen LogP contribution in [0.4, 0.5) is 0 Å². The molecule has 4 N–H and O–H groups in total. The number of nitrogens with two attached hydrogens (primary N) is 1. The summed E-state index contributed by atoms with van der Waals surface area (Å²) >= 11 is 0. The molecule has 0 aliphatic heterocycles. The van der Waals surface area contributed by atoms with Gasteiger partial charge in [0.05, 0.1) is 19.1 Å². The molecule has 6 heteroatoms. The Morgan fingerprint density at radius 3 is 2.57 bits per heavy atom. The minimum absolute atomic E-state index is 0.0511. The van der Waals surface area contributed by atoms with Crippen LogP contribution >= 0.6 is 0 Å². The van der Waals surface area contributed by atoms with Gasteiger partial charge in [-0.25, -0.2) is 0 Å². The van der Waals surface area contributed by atoms with Gasteiger partial charge in [-0.05, 0) is 0 Å². The van der Waals surface area contributed by atoms with E-state index in [4.69, 9.17) is 10.5 Å². The zero-order valence-corrected chi connectivity index (χ0v) is 8.50. The Balaban J connectivity index is 3.90. The van der Waals surface area contributed by atoms with E-state index in [1.54, 1.807) is 7.11 Å². The summed E-state index contributed by atoms with van der Waals surface area (Å²) in [4.78, 5) is 21.9. The predicted molar refractivity (Wildman–Crippen MR) is 51.5 cm³/mol. The Morgan fingerprint density at radius 1 is 1.50 bits per heavy atom. The van der Waals surface area contributed by atoms with Gasteiger partial charge >= 0.3 is 0 Å². The molecule has 0 saturated heterocycles. The van der Waals surface area contributed by atoms with E-state index in [0.717, 1.165) is 0 Å². The molecule has 0 aromatic rings. The van der Waals surface area contributed by atoms with Gasteiger partial charge in [-0.3, -0.25) is 9.59 Å². The van der Waals surface area contributed by atoms with E-state index in [1.807, 2.05) is 0 Å². The number of nitrogens with one attached hydrogen (secondary N) is 2. The molecule has 2 amide bonds. The third-order valence-electron chi connectivity index (χ3n) is 1.71. The molecule has 0 rings (SSSR count). The lowest BCUT2D eigenvalue weighted by Gasteiger charge is -2.13. The fraction of sp³-hybridized carbons (Fsp3) is 0.750. The maximum Gasteiger partial charge on any atom is 0.235 e. The van der Waals surface area contributed by atoms with Gasteiger partial charge in [0.1, 0.15) is 0 Å². The van der Waals surface area contributed by atoms with Crippen molar-refractivity contribution in [3.05, 3.63) is 0 Å². The van der Waals surface area contributed by atoms with E-state index in [-0.39, 0.29) is 12.3 Å². The minimum atomic E-state index is -0.634. The molecular weight excluding hydrogens is 186 g/mol. The molecule has 0 bridgehead atoms. The second-order valence-electron chi connectivity index (χ2n) is 2.78. The lowest BCUT2D eigenvalue weighted by atomic mass is 10.2. The van der Waals surface area contributed by atoms with Crippen LogP contribution in [-0.4, -0.2) is 45.2 Å². The zero-order valence-electron chi connectivity index (χ0n) is 8.50. The van der Waals surface area contributed by atoms with Gasteiger partial charge in [0.25, 0.3) is 0 Å². The molecule has 0 spiro atoms. The highest BCUT2D eigenvalue weighted by atomic mass is 16.5. The van der Waals surface area contributed by atoms with E-state index in [1.165, 1.54) is 7.05 Å². The Kier molecular flexibility index (Phi) is 6.69. The molecule has 0 saturated carbocycles. The number of hydrogen-bond donors (Lipinski definition) is 3. The highest BCUT2D eigenvalue weighted by molar-refractivity contribution is 5.87. The summed E-state index contributed by atoms with van der Waals surface area (Å²) in [6, 6.07) is -0.634. The lowest BCUT2D eigenvalue weighted by molar-refractivity contribution is -0.126. The van der Waals surface area contributed by atoms with Crippen molar-refractivity contribution >= 4 is 11.8 Å². The summed E-state index contributed by atoms with van der Waals surface area (Å²) in [6.07, 6.45) is 0.0511. The summed E-state index contributed by atoms with van der Waals surface area (Å²) < 4.78 is 4.79. The molecular formula is C8H17N3O3. The molecule has 1 atom stereocenters. The van der Waals surface area contributed by atoms with Crippen molar-refractivity contribution in [1.29, 1.82) is 0 Å². The van der Waals surface area contributed by atoms with E-state index in [0.29, 0.717) is 13.2 Å². The molecule has 0 aromatic carbocycles. The Bertz CT molecular complexity index is 196. The third kappa shape index (κ3) is 5.50. The number of hydrogen-bond acceptors (Lipinski definition) is 4. The average molecular weight is 203 g/mol. The maximum atomic E-state index is 11.0. The van der Waals surface area contributed by atoms with Gasteiger partial charge in [-0.15, -0.1) is 0 Å². The maximum absolute atomic E-state index is 11.0. The zero-order chi connectivity index (χ0) is 11.0. The molecule has 1 unspecified atom stereocenters. The summed E-state index contributed by atoms with van der Waals surface area (Å²) in [5, 5.41) is 5.25. The Morgan fingerprint density at radius 2 is 2.14 bits per heavy atom. The van der Waals surface area contributed by atoms with Gasteiger partial charge in [0, 0.05) is 20.7 Å². The van der Waals surface area contributed by atoms with Crippen LogP contribution < -0.4 is 16.4 Å². The number of primary amides is 1. The average Bonchev–Trinajstić information content (AvgIpc) is 2.16. The minimum Gasteiger partial charge on any atom is -0.383 e. The fourth-order valence-electron chi connectivity index (χ4n) is 0.896. The molecule has 6 nitrogen and oxygen atoms in total. The first-order valence-electron chi connectivity index (χ1n) is 4.34. The van der Waals surface area contributed by atoms with Crippen molar-refractivity contribution in [2.45, 2.75) is 12.5 Å². The van der Waals surface area contributed by atoms with E-state index in [9.17, 15) is 9.59 Å². The van der Waals surface area contributed by atoms with Crippen LogP contribution in [-0.2, 0) is 14.3 Å². The third-order valence-corrected chi connectivity index (χ3v) is 1.71. The largest absolute Gasteiger partial charge is 0.383 e. The number of ether oxygens (including phenoxy) is 1. The van der Waals surface area contributed by atoms with Crippen LogP contribution in [0.2, 0.25) is 0 Å². The van der Waals surface area contributed by atoms with Crippen molar-refractivity contribution in [3.63, 3.8) is 0 Å². The summed E-state index contributed by atoms with van der Waals surface area (Å²) in [5.74, 6) is -0.761. The highest BCUT2D eigenvalue weighted by Gasteiger charge is 2.17. The second-order valence-corrected chi connectivity index (χ2v) is 2.78. The molecule has 0 heterocycles. The number of amides is 2. The van der Waals surface area contributed by atoms with Crippen molar-refractivity contribution in [2.75, 3.05) is 27.3 Å². The number of carbonyl (C=O) groups excluding carboxylic acids is 2. The first-order valence-corrected chi connectivity index (χ1v) is 4.34. The number of carbonyl (C=O) groups is 2. The van der Waals surface area contributed by atoms with Crippen molar-refractivity contribution < 1.29 is 14.3 Å². The van der Waals surface area contributed by atoms with Gasteiger partial charge in [-0.1, -0.05) is 0 Å². The van der Waals surface area contributed by atoms with E-state index >= 15 is 0 Å². The SMILES string of the molecule is CNC(=O)CC(NCCOC)C(N)=O. The van der Waals surface area contributed by atoms with Crippen molar-refractivity contribution in [2.24, 2.45) is 5.73 Å². The van der Waals surface area contributed by atoms with Gasteiger partial charge in [0.2, 0.25) is 11.8 Å². The summed E-state index contributed by atoms with van der Waals surface area (Å²) in [5.41, 5.74) is 5.10. The van der Waals surface area contributed by atoms with Crippen LogP contribution in [0.3, 0.4) is 0 Å². The highest BCUT2D eigenvalue weighted by Crippen LogP contribution is 1.90. The summed E-state index contributed by atoms with van der Waals surface area (Å²) in [7, 11) is 3.06. The fourth-order valence-corrected chi connectivity index (χ4v) is 0.896. The molecule has 0 aliphatic rings. The molecule has 0 aliphatic carbocycles. The van der Waals surface area contributed by atoms with Gasteiger partial charge in [-0.2, -0.15) is 0 Å². The van der Waals surface area contributed by atoms with Crippen molar-refractivity contribution in [3.8, 4) is 0 Å². The Labute approximate surface area is 83.2 Å². The van der Waals surface area contributed by atoms with Crippen molar-refractivity contribution in [1.82, 2.24) is 10.6 Å². The van der Waals surface area contributed by atoms with Crippen LogP contribution in [0.15, 0.2) is 0 Å². The van der Waals surface area contributed by atoms with Gasteiger partial charge in [0.15, 0.2) is 0 Å². The van der Waals surface area contributed by atoms with Gasteiger partial charge < -0.3 is 21.1 Å². The molecule has 14 heavy (non-hydrogen) atoms. The smallest absolute Gasteiger partial charge is 0.235 e. The molecule has 82 valence electrons. The first kappa shape index (κ1) is 12.9. The monoisotopic (exact) mass is 203 g/mol. The first-order chi connectivity index (χ1) is 6.61. The van der Waals surface area contributed by atoms with E-state index < -0.39 is 11.9 Å². The quantitative estimate of drug-likeness (QED) is 0.426. The van der Waals surface area contributed by atoms with Crippen LogP contribution in [0, 0.1) is 0 Å². The number of rotatable bonds is 7. The molecule has 0 radical (unpaired) electrons. The van der Waals surface area contributed by atoms with Crippen LogP contribution in [0.5, 0.6) is 0 Å². The normalized spacial score (nSPS) is 12.1. The molecule has 0 fully saturated rings. The topological polar surface area (TPSA) is 93.4 Å². The predicted octanol–water partition coefficient (Wildman–Crippen LogP) is -1.79. The van der Waals surface area contributed by atoms with E-state index in [2.05, 4.69) is 10.6 Å².